The number of carbonyl (C=O) groups is 2. The van der Waals surface area contributed by atoms with Gasteiger partial charge in [0, 0.05) is 11.1 Å². The summed E-state index contributed by atoms with van der Waals surface area (Å²) in [7, 11) is 0. The molecule has 0 aliphatic carbocycles. The molecule has 2 aromatic rings. The molecule has 0 amide bonds. The smallest absolute Gasteiger partial charge is 0.344 e. The Kier molecular flexibility index (Phi) is 2.69. The molecule has 0 saturated carbocycles. The maximum atomic E-state index is 11.8. The number of fused-ring (bicyclic) bond motifs is 2. The number of rotatable bonds is 1. The normalized spacial score (nSPS) is 19.1. The standard InChI is InChI=1S/C18H10O4/c19-17-13-7-3-1-5-11(13)15(21-17)9-10-16-12-6-2-4-8-14(12)18(20)22-16/h1-10H. The van der Waals surface area contributed by atoms with Gasteiger partial charge < -0.3 is 9.47 Å². The molecule has 4 rings (SSSR count). The maximum Gasteiger partial charge on any atom is 0.344 e. The lowest BCUT2D eigenvalue weighted by atomic mass is 10.1. The van der Waals surface area contributed by atoms with E-state index in [4.69, 9.17) is 9.47 Å². The highest BCUT2D eigenvalue weighted by atomic mass is 16.5. The van der Waals surface area contributed by atoms with E-state index in [1.165, 1.54) is 0 Å². The predicted molar refractivity (Wildman–Crippen MR) is 79.7 cm³/mol. The fraction of sp³-hybridized carbons (Fsp3) is 0. The molecular formula is C18H10O4. The Morgan fingerprint density at radius 3 is 1.36 bits per heavy atom. The topological polar surface area (TPSA) is 52.6 Å². The number of hydrogen-bond donors (Lipinski definition) is 0. The Morgan fingerprint density at radius 2 is 0.955 bits per heavy atom. The second kappa shape index (κ2) is 4.70. The molecule has 0 aromatic heterocycles. The average molecular weight is 290 g/mol. The zero-order chi connectivity index (χ0) is 15.1. The van der Waals surface area contributed by atoms with Crippen LogP contribution in [0, 0.1) is 0 Å². The summed E-state index contributed by atoms with van der Waals surface area (Å²) in [5, 5.41) is 0. The minimum Gasteiger partial charge on any atom is -0.422 e. The average Bonchev–Trinajstić information content (AvgIpc) is 3.04. The van der Waals surface area contributed by atoms with Gasteiger partial charge in [-0.15, -0.1) is 0 Å². The molecule has 0 spiro atoms. The lowest BCUT2D eigenvalue weighted by Crippen LogP contribution is -1.92. The summed E-state index contributed by atoms with van der Waals surface area (Å²) < 4.78 is 10.5. The molecule has 0 saturated heterocycles. The highest BCUT2D eigenvalue weighted by Crippen LogP contribution is 2.32. The Bertz CT molecular complexity index is 801. The van der Waals surface area contributed by atoms with Crippen LogP contribution in [0.1, 0.15) is 31.8 Å². The van der Waals surface area contributed by atoms with Gasteiger partial charge in [-0.25, -0.2) is 9.59 Å². The lowest BCUT2D eigenvalue weighted by Gasteiger charge is -1.98. The van der Waals surface area contributed by atoms with Crippen molar-refractivity contribution in [3.8, 4) is 0 Å². The van der Waals surface area contributed by atoms with E-state index in [2.05, 4.69) is 0 Å². The van der Waals surface area contributed by atoms with Crippen LogP contribution in [0.15, 0.2) is 60.7 Å². The molecule has 2 aliphatic heterocycles. The van der Waals surface area contributed by atoms with E-state index in [1.54, 1.807) is 36.4 Å². The van der Waals surface area contributed by atoms with E-state index < -0.39 is 0 Å². The number of hydrogen-bond acceptors (Lipinski definition) is 4. The number of ether oxygens (including phenoxy) is 2. The molecule has 0 atom stereocenters. The van der Waals surface area contributed by atoms with Gasteiger partial charge in [0.25, 0.3) is 0 Å². The minimum atomic E-state index is -0.371. The quantitative estimate of drug-likeness (QED) is 0.755. The van der Waals surface area contributed by atoms with Crippen LogP contribution in [0.25, 0.3) is 11.5 Å². The summed E-state index contributed by atoms with van der Waals surface area (Å²) in [6.45, 7) is 0. The van der Waals surface area contributed by atoms with Crippen molar-refractivity contribution in [3.63, 3.8) is 0 Å². The minimum absolute atomic E-state index is 0.371. The van der Waals surface area contributed by atoms with E-state index in [-0.39, 0.29) is 11.9 Å². The van der Waals surface area contributed by atoms with E-state index in [9.17, 15) is 9.59 Å². The Morgan fingerprint density at radius 1 is 0.591 bits per heavy atom. The molecule has 2 heterocycles. The zero-order valence-corrected chi connectivity index (χ0v) is 11.4. The van der Waals surface area contributed by atoms with Crippen molar-refractivity contribution in [1.82, 2.24) is 0 Å². The fourth-order valence-electron chi connectivity index (χ4n) is 2.57. The van der Waals surface area contributed by atoms with Crippen molar-refractivity contribution in [1.29, 1.82) is 0 Å². The summed E-state index contributed by atoms with van der Waals surface area (Å²) in [6.07, 6.45) is 3.29. The molecule has 0 bridgehead atoms. The summed E-state index contributed by atoms with van der Waals surface area (Å²) >= 11 is 0. The highest BCUT2D eigenvalue weighted by Gasteiger charge is 2.27. The van der Waals surface area contributed by atoms with E-state index in [0.29, 0.717) is 22.6 Å². The fourth-order valence-corrected chi connectivity index (χ4v) is 2.57. The van der Waals surface area contributed by atoms with Crippen LogP contribution >= 0.6 is 0 Å². The van der Waals surface area contributed by atoms with Gasteiger partial charge in [-0.05, 0) is 24.3 Å². The summed E-state index contributed by atoms with van der Waals surface area (Å²) in [5.74, 6) is 0.162. The largest absolute Gasteiger partial charge is 0.422 e. The number of cyclic esters (lactones) is 2. The predicted octanol–water partition coefficient (Wildman–Crippen LogP) is 3.41. The Balaban J connectivity index is 1.75. The van der Waals surface area contributed by atoms with Crippen molar-refractivity contribution in [3.05, 3.63) is 82.9 Å². The molecule has 4 heteroatoms. The van der Waals surface area contributed by atoms with Crippen molar-refractivity contribution in [2.24, 2.45) is 0 Å². The third kappa shape index (κ3) is 1.85. The van der Waals surface area contributed by atoms with Crippen LogP contribution in [-0.4, -0.2) is 11.9 Å². The first-order chi connectivity index (χ1) is 10.7. The molecule has 0 fully saturated rings. The summed E-state index contributed by atoms with van der Waals surface area (Å²) in [6, 6.07) is 14.3. The second-order valence-corrected chi connectivity index (χ2v) is 4.93. The van der Waals surface area contributed by atoms with Crippen molar-refractivity contribution < 1.29 is 19.1 Å². The number of esters is 2. The third-order valence-electron chi connectivity index (χ3n) is 3.62. The van der Waals surface area contributed by atoms with E-state index in [0.717, 1.165) is 11.1 Å². The van der Waals surface area contributed by atoms with Crippen LogP contribution in [0.2, 0.25) is 0 Å². The molecule has 106 valence electrons. The molecule has 0 radical (unpaired) electrons. The van der Waals surface area contributed by atoms with E-state index in [1.807, 2.05) is 24.3 Å². The van der Waals surface area contributed by atoms with Gasteiger partial charge in [-0.1, -0.05) is 36.4 Å². The van der Waals surface area contributed by atoms with E-state index >= 15 is 0 Å². The van der Waals surface area contributed by atoms with Crippen LogP contribution in [0.4, 0.5) is 0 Å². The third-order valence-corrected chi connectivity index (χ3v) is 3.62. The highest BCUT2D eigenvalue weighted by molar-refractivity contribution is 6.04. The van der Waals surface area contributed by atoms with Gasteiger partial charge in [0.2, 0.25) is 0 Å². The maximum absolute atomic E-state index is 11.8. The van der Waals surface area contributed by atoms with Gasteiger partial charge in [0.15, 0.2) is 0 Å². The first kappa shape index (κ1) is 12.6. The van der Waals surface area contributed by atoms with Gasteiger partial charge in [0.1, 0.15) is 11.5 Å². The van der Waals surface area contributed by atoms with Gasteiger partial charge in [-0.3, -0.25) is 0 Å². The first-order valence-corrected chi connectivity index (χ1v) is 6.79. The van der Waals surface area contributed by atoms with Crippen LogP contribution in [0.3, 0.4) is 0 Å². The first-order valence-electron chi connectivity index (χ1n) is 6.79. The van der Waals surface area contributed by atoms with Crippen LogP contribution in [0.5, 0.6) is 0 Å². The van der Waals surface area contributed by atoms with Crippen molar-refractivity contribution in [2.75, 3.05) is 0 Å². The second-order valence-electron chi connectivity index (χ2n) is 4.93. The number of carbonyl (C=O) groups excluding carboxylic acids is 2. The number of allylic oxidation sites excluding steroid dienone is 2. The Hall–Kier alpha value is -3.14. The Labute approximate surface area is 126 Å². The lowest BCUT2D eigenvalue weighted by molar-refractivity contribution is 0.0704. The summed E-state index contributed by atoms with van der Waals surface area (Å²) in [5.41, 5.74) is 2.55. The molecule has 0 unspecified atom stereocenters. The zero-order valence-electron chi connectivity index (χ0n) is 11.4. The number of benzene rings is 2. The SMILES string of the molecule is O=C1OC(=CC=C2OC(=O)c3ccccc32)c2ccccc21. The molecule has 0 N–H and O–H groups in total. The van der Waals surface area contributed by atoms with Crippen LogP contribution in [-0.2, 0) is 9.47 Å². The molecule has 2 aromatic carbocycles. The van der Waals surface area contributed by atoms with Gasteiger partial charge in [0.05, 0.1) is 11.1 Å². The molecule has 22 heavy (non-hydrogen) atoms. The monoisotopic (exact) mass is 290 g/mol. The molecular weight excluding hydrogens is 280 g/mol. The van der Waals surface area contributed by atoms with Crippen molar-refractivity contribution in [2.45, 2.75) is 0 Å². The summed E-state index contributed by atoms with van der Waals surface area (Å²) in [4.78, 5) is 23.5. The molecule has 2 aliphatic rings. The molecule has 4 nitrogen and oxygen atoms in total. The van der Waals surface area contributed by atoms with Gasteiger partial charge in [-0.2, -0.15) is 0 Å². The van der Waals surface area contributed by atoms with Crippen molar-refractivity contribution >= 4 is 23.5 Å². The van der Waals surface area contributed by atoms with Gasteiger partial charge >= 0.3 is 11.9 Å². The van der Waals surface area contributed by atoms with Crippen LogP contribution < -0.4 is 0 Å².